The molecule has 0 saturated carbocycles. The van der Waals surface area contributed by atoms with Gasteiger partial charge in [0.25, 0.3) is 10.1 Å². The Morgan fingerprint density at radius 2 is 1.50 bits per heavy atom. The average molecular weight is 276 g/mol. The lowest BCUT2D eigenvalue weighted by molar-refractivity contribution is 0.133. The van der Waals surface area contributed by atoms with Gasteiger partial charge in [-0.2, -0.15) is 16.8 Å². The van der Waals surface area contributed by atoms with Crippen LogP contribution in [-0.2, 0) is 33.1 Å². The van der Waals surface area contributed by atoms with Crippen LogP contribution in [0.1, 0.15) is 27.7 Å². The number of rotatable bonds is 6. The van der Waals surface area contributed by atoms with Crippen molar-refractivity contribution in [1.82, 2.24) is 0 Å². The maximum atomic E-state index is 11.6. The first-order valence-electron chi connectivity index (χ1n) is 4.37. The molecule has 9 heteroatoms. The van der Waals surface area contributed by atoms with Gasteiger partial charge in [-0.25, -0.2) is 4.18 Å². The molecular formula is C7H16O7S2. The second-order valence-corrected chi connectivity index (χ2v) is 7.06. The molecule has 0 amide bonds. The summed E-state index contributed by atoms with van der Waals surface area (Å²) in [6.45, 7) is 5.11. The molecule has 0 aliphatic rings. The Morgan fingerprint density at radius 3 is 1.81 bits per heavy atom. The molecular weight excluding hydrogens is 260 g/mol. The molecule has 98 valence electrons. The zero-order chi connectivity index (χ0) is 13.2. The highest BCUT2D eigenvalue weighted by Crippen LogP contribution is 2.24. The Balaban J connectivity index is 5.07. The van der Waals surface area contributed by atoms with Crippen LogP contribution in [0.2, 0.25) is 0 Å². The Labute approximate surface area is 96.1 Å². The van der Waals surface area contributed by atoms with Gasteiger partial charge < -0.3 is 0 Å². The molecule has 0 bridgehead atoms. The molecule has 0 radical (unpaired) electrons. The summed E-state index contributed by atoms with van der Waals surface area (Å²) in [5.74, 6) is 0. The minimum atomic E-state index is -4.36. The Bertz CT molecular complexity index is 418. The fraction of sp³-hybridized carbons (Fsp3) is 1.00. The van der Waals surface area contributed by atoms with Crippen molar-refractivity contribution in [3.05, 3.63) is 0 Å². The highest BCUT2D eigenvalue weighted by Gasteiger charge is 2.42. The van der Waals surface area contributed by atoms with Gasteiger partial charge in [0.05, 0.1) is 13.2 Å². The maximum absolute atomic E-state index is 11.6. The lowest BCUT2D eigenvalue weighted by Gasteiger charge is -2.23. The van der Waals surface area contributed by atoms with Crippen molar-refractivity contribution in [2.24, 2.45) is 0 Å². The fourth-order valence-electron chi connectivity index (χ4n) is 0.691. The molecule has 0 unspecified atom stereocenters. The van der Waals surface area contributed by atoms with Crippen LogP contribution in [0.4, 0.5) is 0 Å². The minimum absolute atomic E-state index is 0.613. The molecule has 0 aromatic carbocycles. The van der Waals surface area contributed by atoms with Crippen molar-refractivity contribution in [2.75, 3.05) is 7.11 Å². The van der Waals surface area contributed by atoms with E-state index in [4.69, 9.17) is 0 Å². The van der Waals surface area contributed by atoms with Crippen LogP contribution in [0.3, 0.4) is 0 Å². The molecule has 7 nitrogen and oxygen atoms in total. The Hall–Kier alpha value is -0.220. The topological polar surface area (TPSA) is 96.0 Å². The quantitative estimate of drug-likeness (QED) is 0.647. The van der Waals surface area contributed by atoms with Gasteiger partial charge in [0.15, 0.2) is 0 Å². The first kappa shape index (κ1) is 15.8. The van der Waals surface area contributed by atoms with E-state index in [0.717, 1.165) is 21.0 Å². The van der Waals surface area contributed by atoms with E-state index in [1.807, 2.05) is 0 Å². The summed E-state index contributed by atoms with van der Waals surface area (Å²) in [5, 5.41) is 0. The summed E-state index contributed by atoms with van der Waals surface area (Å²) in [6, 6.07) is 0. The van der Waals surface area contributed by atoms with Gasteiger partial charge in [0.1, 0.15) is 0 Å². The summed E-state index contributed by atoms with van der Waals surface area (Å²) < 4.78 is 58.1. The van der Waals surface area contributed by atoms with E-state index < -0.39 is 31.6 Å². The highest BCUT2D eigenvalue weighted by molar-refractivity contribution is 7.89. The van der Waals surface area contributed by atoms with E-state index in [2.05, 4.69) is 12.5 Å². The van der Waals surface area contributed by atoms with Gasteiger partial charge in [-0.3, -0.25) is 8.37 Å². The summed E-state index contributed by atoms with van der Waals surface area (Å²) in [6.07, 6.45) is -0.613. The Morgan fingerprint density at radius 1 is 1.06 bits per heavy atom. The average Bonchev–Trinajstić information content (AvgIpc) is 1.99. The van der Waals surface area contributed by atoms with Crippen LogP contribution in [-0.4, -0.2) is 35.0 Å². The van der Waals surface area contributed by atoms with Gasteiger partial charge in [0.2, 0.25) is 4.93 Å². The van der Waals surface area contributed by atoms with E-state index in [9.17, 15) is 16.8 Å². The van der Waals surface area contributed by atoms with Gasteiger partial charge in [-0.1, -0.05) is 0 Å². The molecule has 0 spiro atoms. The van der Waals surface area contributed by atoms with Crippen molar-refractivity contribution in [3.63, 3.8) is 0 Å². The monoisotopic (exact) mass is 276 g/mol. The molecule has 0 fully saturated rings. The largest absolute Gasteiger partial charge is 0.401 e. The first-order valence-corrected chi connectivity index (χ1v) is 7.12. The van der Waals surface area contributed by atoms with Crippen LogP contribution in [0.25, 0.3) is 0 Å². The van der Waals surface area contributed by atoms with Gasteiger partial charge in [0, 0.05) is 0 Å². The molecule has 16 heavy (non-hydrogen) atoms. The predicted molar refractivity (Wildman–Crippen MR) is 56.2 cm³/mol. The minimum Gasteiger partial charge on any atom is -0.265 e. The Kier molecular flexibility index (Phi) is 4.89. The molecule has 0 N–H and O–H groups in total. The normalized spacial score (nSPS) is 14.4. The van der Waals surface area contributed by atoms with E-state index in [-0.39, 0.29) is 0 Å². The van der Waals surface area contributed by atoms with Crippen molar-refractivity contribution >= 4 is 20.5 Å². The van der Waals surface area contributed by atoms with E-state index in [1.165, 1.54) is 13.8 Å². The van der Waals surface area contributed by atoms with Gasteiger partial charge in [-0.05, 0) is 27.7 Å². The second-order valence-electron chi connectivity index (χ2n) is 3.66. The standard InChI is InChI=1S/C7H16O7S2/c1-6(2)13-15(8,9)7(3,4)14-16(10,11)12-5/h6H,1-5H3. The third kappa shape index (κ3) is 4.34. The SMILES string of the molecule is COS(=O)(=O)OC(C)(C)S(=O)(=O)OC(C)C. The third-order valence-corrected chi connectivity index (χ3v) is 4.49. The molecule has 0 rings (SSSR count). The lowest BCUT2D eigenvalue weighted by atomic mass is 10.5. The van der Waals surface area contributed by atoms with Crippen LogP contribution < -0.4 is 0 Å². The molecule has 0 aromatic heterocycles. The summed E-state index contributed by atoms with van der Waals surface area (Å²) >= 11 is 0. The third-order valence-electron chi connectivity index (χ3n) is 1.43. The maximum Gasteiger partial charge on any atom is 0.401 e. The van der Waals surface area contributed by atoms with Crippen molar-refractivity contribution in [2.45, 2.75) is 38.7 Å². The fourth-order valence-corrected chi connectivity index (χ4v) is 2.57. The number of hydrogen-bond acceptors (Lipinski definition) is 7. The molecule has 0 atom stereocenters. The second kappa shape index (κ2) is 4.96. The van der Waals surface area contributed by atoms with Crippen molar-refractivity contribution in [3.8, 4) is 0 Å². The summed E-state index contributed by atoms with van der Waals surface area (Å²) in [4.78, 5) is -2.05. The molecule has 0 aliphatic carbocycles. The molecule has 0 saturated heterocycles. The zero-order valence-electron chi connectivity index (χ0n) is 9.75. The predicted octanol–water partition coefficient (Wildman–Crippen LogP) is 0.385. The molecule has 0 aromatic rings. The van der Waals surface area contributed by atoms with Crippen molar-refractivity contribution in [1.29, 1.82) is 0 Å². The first-order chi connectivity index (χ1) is 6.93. The smallest absolute Gasteiger partial charge is 0.265 e. The van der Waals surface area contributed by atoms with Crippen LogP contribution in [0, 0.1) is 0 Å². The van der Waals surface area contributed by atoms with Gasteiger partial charge >= 0.3 is 10.4 Å². The zero-order valence-corrected chi connectivity index (χ0v) is 11.4. The van der Waals surface area contributed by atoms with Crippen LogP contribution in [0.15, 0.2) is 0 Å². The number of hydrogen-bond donors (Lipinski definition) is 0. The van der Waals surface area contributed by atoms with E-state index >= 15 is 0 Å². The molecule has 0 heterocycles. The van der Waals surface area contributed by atoms with Crippen LogP contribution in [0.5, 0.6) is 0 Å². The van der Waals surface area contributed by atoms with E-state index in [0.29, 0.717) is 0 Å². The highest BCUT2D eigenvalue weighted by atomic mass is 32.3. The van der Waals surface area contributed by atoms with Crippen molar-refractivity contribution < 1.29 is 29.4 Å². The van der Waals surface area contributed by atoms with E-state index in [1.54, 1.807) is 0 Å². The lowest BCUT2D eigenvalue weighted by Crippen LogP contribution is -2.39. The summed E-state index contributed by atoms with van der Waals surface area (Å²) in [7, 11) is -7.68. The van der Waals surface area contributed by atoms with Gasteiger partial charge in [-0.15, -0.1) is 0 Å². The summed E-state index contributed by atoms with van der Waals surface area (Å²) in [5.41, 5.74) is 0. The van der Waals surface area contributed by atoms with Crippen LogP contribution >= 0.6 is 0 Å². The molecule has 0 aliphatic heterocycles.